The van der Waals surface area contributed by atoms with Crippen LogP contribution in [0.2, 0.25) is 0 Å². The molecule has 0 aliphatic heterocycles. The fourth-order valence-electron chi connectivity index (χ4n) is 1.63. The molecule has 0 unspecified atom stereocenters. The minimum absolute atomic E-state index is 0.730. The standard InChI is InChI=1S/C16H24O2/c1-4-7-8-14-9-10-15(17-11-5-2)16(13-14)18-12-6-3/h4,9-10,13H,1,5-8,11-12H2,2-3H3. The molecule has 2 nitrogen and oxygen atoms in total. The Hall–Kier alpha value is -1.44. The molecule has 0 radical (unpaired) electrons. The highest BCUT2D eigenvalue weighted by atomic mass is 16.5. The largest absolute Gasteiger partial charge is 0.490 e. The van der Waals surface area contributed by atoms with Crippen LogP contribution in [0.4, 0.5) is 0 Å². The second-order valence-electron chi connectivity index (χ2n) is 4.31. The van der Waals surface area contributed by atoms with Crippen LogP contribution in [0.5, 0.6) is 11.5 Å². The smallest absolute Gasteiger partial charge is 0.161 e. The third kappa shape index (κ3) is 4.82. The third-order valence-electron chi connectivity index (χ3n) is 2.57. The Labute approximate surface area is 111 Å². The molecule has 0 fully saturated rings. The summed E-state index contributed by atoms with van der Waals surface area (Å²) in [6.45, 7) is 9.42. The first-order valence-electron chi connectivity index (χ1n) is 6.81. The summed E-state index contributed by atoms with van der Waals surface area (Å²) in [5.41, 5.74) is 1.27. The Morgan fingerprint density at radius 3 is 2.33 bits per heavy atom. The van der Waals surface area contributed by atoms with E-state index < -0.39 is 0 Å². The van der Waals surface area contributed by atoms with Gasteiger partial charge in [0.15, 0.2) is 11.5 Å². The fraction of sp³-hybridized carbons (Fsp3) is 0.500. The van der Waals surface area contributed by atoms with E-state index in [0.717, 1.165) is 50.4 Å². The van der Waals surface area contributed by atoms with Gasteiger partial charge in [-0.05, 0) is 43.4 Å². The zero-order valence-corrected chi connectivity index (χ0v) is 11.6. The number of benzene rings is 1. The van der Waals surface area contributed by atoms with Crippen LogP contribution in [-0.2, 0) is 6.42 Å². The van der Waals surface area contributed by atoms with Crippen LogP contribution in [-0.4, -0.2) is 13.2 Å². The van der Waals surface area contributed by atoms with Crippen molar-refractivity contribution in [3.05, 3.63) is 36.4 Å². The van der Waals surface area contributed by atoms with Crippen LogP contribution in [0.3, 0.4) is 0 Å². The lowest BCUT2D eigenvalue weighted by atomic mass is 10.1. The van der Waals surface area contributed by atoms with Gasteiger partial charge < -0.3 is 9.47 Å². The van der Waals surface area contributed by atoms with Gasteiger partial charge in [0.1, 0.15) is 0 Å². The van der Waals surface area contributed by atoms with Gasteiger partial charge in [0.05, 0.1) is 13.2 Å². The van der Waals surface area contributed by atoms with Crippen LogP contribution in [0, 0.1) is 0 Å². The molecule has 100 valence electrons. The Morgan fingerprint density at radius 2 is 1.72 bits per heavy atom. The highest BCUT2D eigenvalue weighted by Crippen LogP contribution is 2.29. The van der Waals surface area contributed by atoms with Gasteiger partial charge in [-0.2, -0.15) is 0 Å². The maximum Gasteiger partial charge on any atom is 0.161 e. The topological polar surface area (TPSA) is 18.5 Å². The first-order chi connectivity index (χ1) is 8.81. The van der Waals surface area contributed by atoms with E-state index in [2.05, 4.69) is 32.6 Å². The Morgan fingerprint density at radius 1 is 1.06 bits per heavy atom. The van der Waals surface area contributed by atoms with Gasteiger partial charge >= 0.3 is 0 Å². The van der Waals surface area contributed by atoms with E-state index in [1.165, 1.54) is 5.56 Å². The number of allylic oxidation sites excluding steroid dienone is 1. The number of aryl methyl sites for hydroxylation is 1. The van der Waals surface area contributed by atoms with Crippen LogP contribution < -0.4 is 9.47 Å². The van der Waals surface area contributed by atoms with Crippen LogP contribution >= 0.6 is 0 Å². The van der Waals surface area contributed by atoms with Crippen molar-refractivity contribution in [2.45, 2.75) is 39.5 Å². The molecule has 2 heteroatoms. The van der Waals surface area contributed by atoms with E-state index >= 15 is 0 Å². The van der Waals surface area contributed by atoms with Crippen molar-refractivity contribution in [3.63, 3.8) is 0 Å². The molecule has 0 bridgehead atoms. The number of rotatable bonds is 9. The van der Waals surface area contributed by atoms with Crippen molar-refractivity contribution in [2.24, 2.45) is 0 Å². The van der Waals surface area contributed by atoms with Crippen molar-refractivity contribution in [2.75, 3.05) is 13.2 Å². The zero-order valence-electron chi connectivity index (χ0n) is 11.6. The van der Waals surface area contributed by atoms with Crippen molar-refractivity contribution in [3.8, 4) is 11.5 Å². The molecule has 0 saturated heterocycles. The Kier molecular flexibility index (Phi) is 7.00. The van der Waals surface area contributed by atoms with E-state index in [0.29, 0.717) is 0 Å². The van der Waals surface area contributed by atoms with Gasteiger partial charge in [0.25, 0.3) is 0 Å². The monoisotopic (exact) mass is 248 g/mol. The molecule has 0 aliphatic rings. The van der Waals surface area contributed by atoms with E-state index in [4.69, 9.17) is 9.47 Å². The summed E-state index contributed by atoms with van der Waals surface area (Å²) in [5.74, 6) is 1.72. The van der Waals surface area contributed by atoms with E-state index in [9.17, 15) is 0 Å². The van der Waals surface area contributed by atoms with Gasteiger partial charge in [-0.1, -0.05) is 26.0 Å². The van der Waals surface area contributed by atoms with Crippen LogP contribution in [0.15, 0.2) is 30.9 Å². The maximum absolute atomic E-state index is 5.75. The number of hydrogen-bond acceptors (Lipinski definition) is 2. The Balaban J connectivity index is 2.77. The number of ether oxygens (including phenoxy) is 2. The minimum Gasteiger partial charge on any atom is -0.490 e. The molecule has 0 amide bonds. The highest BCUT2D eigenvalue weighted by Gasteiger charge is 2.06. The van der Waals surface area contributed by atoms with Gasteiger partial charge in [0.2, 0.25) is 0 Å². The van der Waals surface area contributed by atoms with Gasteiger partial charge in [-0.15, -0.1) is 6.58 Å². The predicted molar refractivity (Wildman–Crippen MR) is 76.5 cm³/mol. The summed E-state index contributed by atoms with van der Waals surface area (Å²) >= 11 is 0. The van der Waals surface area contributed by atoms with Gasteiger partial charge in [0, 0.05) is 0 Å². The first kappa shape index (κ1) is 14.6. The van der Waals surface area contributed by atoms with Crippen LogP contribution in [0.1, 0.15) is 38.7 Å². The lowest BCUT2D eigenvalue weighted by Gasteiger charge is -2.13. The summed E-state index contributed by atoms with van der Waals surface area (Å²) in [6.07, 6.45) is 5.94. The van der Waals surface area contributed by atoms with E-state index in [-0.39, 0.29) is 0 Å². The SMILES string of the molecule is C=CCCc1ccc(OCCC)c(OCCC)c1. The molecule has 0 aromatic heterocycles. The lowest BCUT2D eigenvalue weighted by Crippen LogP contribution is -2.02. The summed E-state index contributed by atoms with van der Waals surface area (Å²) in [5, 5.41) is 0. The fourth-order valence-corrected chi connectivity index (χ4v) is 1.63. The van der Waals surface area contributed by atoms with Crippen molar-refractivity contribution in [1.82, 2.24) is 0 Å². The molecular weight excluding hydrogens is 224 g/mol. The molecule has 0 heterocycles. The molecule has 1 aromatic carbocycles. The molecule has 1 aromatic rings. The van der Waals surface area contributed by atoms with Crippen LogP contribution in [0.25, 0.3) is 0 Å². The molecule has 0 atom stereocenters. The molecule has 0 N–H and O–H groups in total. The zero-order chi connectivity index (χ0) is 13.2. The van der Waals surface area contributed by atoms with Crippen molar-refractivity contribution < 1.29 is 9.47 Å². The molecular formula is C16H24O2. The first-order valence-corrected chi connectivity index (χ1v) is 6.81. The summed E-state index contributed by atoms with van der Waals surface area (Å²) in [7, 11) is 0. The lowest BCUT2D eigenvalue weighted by molar-refractivity contribution is 0.268. The summed E-state index contributed by atoms with van der Waals surface area (Å²) in [6, 6.07) is 6.20. The number of hydrogen-bond donors (Lipinski definition) is 0. The average molecular weight is 248 g/mol. The minimum atomic E-state index is 0.730. The second-order valence-corrected chi connectivity index (χ2v) is 4.31. The van der Waals surface area contributed by atoms with E-state index in [1.54, 1.807) is 0 Å². The van der Waals surface area contributed by atoms with Crippen molar-refractivity contribution in [1.29, 1.82) is 0 Å². The molecule has 1 rings (SSSR count). The van der Waals surface area contributed by atoms with Gasteiger partial charge in [-0.25, -0.2) is 0 Å². The maximum atomic E-state index is 5.75. The molecule has 18 heavy (non-hydrogen) atoms. The quantitative estimate of drug-likeness (QED) is 0.604. The molecule has 0 saturated carbocycles. The predicted octanol–water partition coefficient (Wildman–Crippen LogP) is 4.38. The normalized spacial score (nSPS) is 10.1. The molecule has 0 aliphatic carbocycles. The summed E-state index contributed by atoms with van der Waals surface area (Å²) < 4.78 is 11.5. The highest BCUT2D eigenvalue weighted by molar-refractivity contribution is 5.43. The average Bonchev–Trinajstić information content (AvgIpc) is 2.41. The van der Waals surface area contributed by atoms with Gasteiger partial charge in [-0.3, -0.25) is 0 Å². The Bertz CT molecular complexity index is 358. The van der Waals surface area contributed by atoms with Crippen molar-refractivity contribution >= 4 is 0 Å². The molecule has 0 spiro atoms. The third-order valence-corrected chi connectivity index (χ3v) is 2.57. The second kappa shape index (κ2) is 8.62. The van der Waals surface area contributed by atoms with E-state index in [1.807, 2.05) is 12.1 Å². The summed E-state index contributed by atoms with van der Waals surface area (Å²) in [4.78, 5) is 0.